The van der Waals surface area contributed by atoms with Crippen molar-refractivity contribution in [2.24, 2.45) is 12.0 Å². The number of nitrogens with one attached hydrogen (secondary N) is 1. The number of aromatic nitrogens is 2. The van der Waals surface area contributed by atoms with E-state index < -0.39 is 10.0 Å². The molecule has 1 N–H and O–H groups in total. The van der Waals surface area contributed by atoms with Crippen molar-refractivity contribution in [3.63, 3.8) is 0 Å². The number of benzene rings is 2. The second-order valence-corrected chi connectivity index (χ2v) is 9.43. The SMILES string of the molecule is COc1ccc(-c2cc(=Nc3c(C)cc(C)cc3C)n(C)c(NS(C)(=O)=O)n2)cc1OC. The highest BCUT2D eigenvalue weighted by atomic mass is 32.2. The largest absolute Gasteiger partial charge is 0.493 e. The normalized spacial score (nSPS) is 12.0. The van der Waals surface area contributed by atoms with Gasteiger partial charge in [-0.2, -0.15) is 0 Å². The molecule has 0 amide bonds. The van der Waals surface area contributed by atoms with Crippen LogP contribution in [0.15, 0.2) is 41.4 Å². The van der Waals surface area contributed by atoms with Gasteiger partial charge in [0.25, 0.3) is 0 Å². The summed E-state index contributed by atoms with van der Waals surface area (Å²) in [5.41, 5.74) is 5.87. The van der Waals surface area contributed by atoms with Gasteiger partial charge in [-0.25, -0.2) is 18.4 Å². The fourth-order valence-corrected chi connectivity index (χ4v) is 4.03. The lowest BCUT2D eigenvalue weighted by molar-refractivity contribution is 0.355. The summed E-state index contributed by atoms with van der Waals surface area (Å²) in [5.74, 6) is 1.28. The highest BCUT2D eigenvalue weighted by Crippen LogP contribution is 2.32. The first-order chi connectivity index (χ1) is 15.0. The fourth-order valence-electron chi connectivity index (χ4n) is 3.52. The minimum Gasteiger partial charge on any atom is -0.493 e. The number of rotatable bonds is 6. The molecular weight excluding hydrogens is 428 g/mol. The maximum atomic E-state index is 12.0. The lowest BCUT2D eigenvalue weighted by Gasteiger charge is -2.14. The summed E-state index contributed by atoms with van der Waals surface area (Å²) in [6, 6.07) is 11.3. The van der Waals surface area contributed by atoms with Crippen molar-refractivity contribution >= 4 is 21.7 Å². The third kappa shape index (κ3) is 5.11. The monoisotopic (exact) mass is 456 g/mol. The number of anilines is 1. The second-order valence-electron chi connectivity index (χ2n) is 7.69. The Balaban J connectivity index is 2.30. The summed E-state index contributed by atoms with van der Waals surface area (Å²) in [5, 5.41) is 0. The molecular formula is C23H28N4O4S. The Morgan fingerprint density at radius 2 is 1.59 bits per heavy atom. The van der Waals surface area contributed by atoms with Crippen LogP contribution in [0.2, 0.25) is 0 Å². The van der Waals surface area contributed by atoms with Gasteiger partial charge in [-0.05, 0) is 50.1 Å². The highest BCUT2D eigenvalue weighted by Gasteiger charge is 2.13. The maximum absolute atomic E-state index is 12.0. The minimum atomic E-state index is -3.55. The van der Waals surface area contributed by atoms with Gasteiger partial charge in [0.1, 0.15) is 5.49 Å². The van der Waals surface area contributed by atoms with Crippen molar-refractivity contribution < 1.29 is 17.9 Å². The first kappa shape index (κ1) is 23.3. The minimum absolute atomic E-state index is 0.154. The Kier molecular flexibility index (Phi) is 6.59. The van der Waals surface area contributed by atoms with Crippen LogP contribution < -0.4 is 19.7 Å². The molecule has 2 aromatic carbocycles. The van der Waals surface area contributed by atoms with E-state index in [1.54, 1.807) is 38.0 Å². The maximum Gasteiger partial charge on any atom is 0.232 e. The smallest absolute Gasteiger partial charge is 0.232 e. The first-order valence-electron chi connectivity index (χ1n) is 9.93. The van der Waals surface area contributed by atoms with E-state index in [1.807, 2.05) is 32.9 Å². The molecule has 0 bridgehead atoms. The lowest BCUT2D eigenvalue weighted by atomic mass is 10.1. The standard InChI is InChI=1S/C23H28N4O4S/c1-14-10-15(2)22(16(3)11-14)25-21-13-18(24-23(27(21)4)26-32(7,28)29)17-8-9-19(30-5)20(12-17)31-6/h8-13H,1-7H3,(H,24,26). The lowest BCUT2D eigenvalue weighted by Crippen LogP contribution is -2.25. The Hall–Kier alpha value is -3.33. The predicted octanol–water partition coefficient (Wildman–Crippen LogP) is 3.63. The summed E-state index contributed by atoms with van der Waals surface area (Å²) in [6.07, 6.45) is 1.09. The van der Waals surface area contributed by atoms with Crippen LogP contribution in [0.25, 0.3) is 11.3 Å². The zero-order valence-corrected chi connectivity index (χ0v) is 20.2. The van der Waals surface area contributed by atoms with Crippen molar-refractivity contribution in [2.45, 2.75) is 20.8 Å². The van der Waals surface area contributed by atoms with E-state index in [0.29, 0.717) is 22.7 Å². The summed E-state index contributed by atoms with van der Waals surface area (Å²) in [7, 11) is 1.29. The molecule has 32 heavy (non-hydrogen) atoms. The highest BCUT2D eigenvalue weighted by molar-refractivity contribution is 7.92. The molecule has 0 spiro atoms. The molecule has 1 heterocycles. The molecule has 0 aliphatic rings. The van der Waals surface area contributed by atoms with E-state index in [9.17, 15) is 8.42 Å². The van der Waals surface area contributed by atoms with Crippen LogP contribution in [0.3, 0.4) is 0 Å². The van der Waals surface area contributed by atoms with Crippen molar-refractivity contribution in [3.05, 3.63) is 58.6 Å². The summed E-state index contributed by atoms with van der Waals surface area (Å²) in [4.78, 5) is 9.40. The molecule has 3 aromatic rings. The van der Waals surface area contributed by atoms with Gasteiger partial charge in [0.2, 0.25) is 16.0 Å². The van der Waals surface area contributed by atoms with Crippen LogP contribution in [0.4, 0.5) is 11.6 Å². The van der Waals surface area contributed by atoms with Crippen molar-refractivity contribution in [1.82, 2.24) is 9.55 Å². The number of hydrogen-bond donors (Lipinski definition) is 1. The summed E-state index contributed by atoms with van der Waals surface area (Å²) in [6.45, 7) is 6.05. The quantitative estimate of drug-likeness (QED) is 0.611. The van der Waals surface area contributed by atoms with Crippen molar-refractivity contribution in [2.75, 3.05) is 25.2 Å². The van der Waals surface area contributed by atoms with Crippen molar-refractivity contribution in [1.29, 1.82) is 0 Å². The molecule has 1 aromatic heterocycles. The van der Waals surface area contributed by atoms with E-state index in [4.69, 9.17) is 14.5 Å². The molecule has 0 radical (unpaired) electrons. The molecule has 0 unspecified atom stereocenters. The van der Waals surface area contributed by atoms with E-state index in [2.05, 4.69) is 21.8 Å². The van der Waals surface area contributed by atoms with Gasteiger partial charge in [0.05, 0.1) is 31.9 Å². The van der Waals surface area contributed by atoms with Gasteiger partial charge in [-0.1, -0.05) is 17.7 Å². The molecule has 0 aliphatic heterocycles. The molecule has 9 heteroatoms. The fraction of sp³-hybridized carbons (Fsp3) is 0.304. The van der Waals surface area contributed by atoms with E-state index >= 15 is 0 Å². The molecule has 0 aliphatic carbocycles. The van der Waals surface area contributed by atoms with Gasteiger partial charge in [-0.3, -0.25) is 9.29 Å². The number of ether oxygens (including phenoxy) is 2. The number of methoxy groups -OCH3 is 2. The Morgan fingerprint density at radius 3 is 2.16 bits per heavy atom. The average Bonchev–Trinajstić information content (AvgIpc) is 2.71. The van der Waals surface area contributed by atoms with Gasteiger partial charge >= 0.3 is 0 Å². The molecule has 0 fully saturated rings. The number of aryl methyl sites for hydroxylation is 3. The van der Waals surface area contributed by atoms with Gasteiger partial charge in [0, 0.05) is 18.7 Å². The van der Waals surface area contributed by atoms with E-state index in [0.717, 1.165) is 34.2 Å². The second kappa shape index (κ2) is 9.04. The number of hydrogen-bond acceptors (Lipinski definition) is 6. The van der Waals surface area contributed by atoms with Crippen LogP contribution in [-0.2, 0) is 17.1 Å². The Morgan fingerprint density at radius 1 is 0.969 bits per heavy atom. The Bertz CT molecular complexity index is 1320. The van der Waals surface area contributed by atoms with Crippen LogP contribution in [0, 0.1) is 20.8 Å². The Labute approximate surface area is 188 Å². The third-order valence-corrected chi connectivity index (χ3v) is 5.52. The zero-order chi connectivity index (χ0) is 23.6. The van der Waals surface area contributed by atoms with Crippen LogP contribution in [0.5, 0.6) is 11.5 Å². The molecule has 170 valence electrons. The molecule has 3 rings (SSSR count). The summed E-state index contributed by atoms with van der Waals surface area (Å²) >= 11 is 0. The first-order valence-corrected chi connectivity index (χ1v) is 11.8. The van der Waals surface area contributed by atoms with Crippen LogP contribution >= 0.6 is 0 Å². The van der Waals surface area contributed by atoms with Gasteiger partial charge in [-0.15, -0.1) is 0 Å². The molecule has 0 atom stereocenters. The zero-order valence-electron chi connectivity index (χ0n) is 19.3. The molecule has 8 nitrogen and oxygen atoms in total. The average molecular weight is 457 g/mol. The van der Waals surface area contributed by atoms with Gasteiger partial charge in [0.15, 0.2) is 11.5 Å². The molecule has 0 saturated heterocycles. The third-order valence-electron chi connectivity index (χ3n) is 4.97. The predicted molar refractivity (Wildman–Crippen MR) is 126 cm³/mol. The summed E-state index contributed by atoms with van der Waals surface area (Å²) < 4.78 is 38.8. The molecule has 0 saturated carbocycles. The van der Waals surface area contributed by atoms with Gasteiger partial charge < -0.3 is 9.47 Å². The topological polar surface area (TPSA) is 94.8 Å². The number of sulfonamides is 1. The van der Waals surface area contributed by atoms with Crippen LogP contribution in [-0.4, -0.2) is 38.4 Å². The van der Waals surface area contributed by atoms with E-state index in [1.165, 1.54) is 0 Å². The van der Waals surface area contributed by atoms with E-state index in [-0.39, 0.29) is 5.95 Å². The van der Waals surface area contributed by atoms with Crippen molar-refractivity contribution in [3.8, 4) is 22.8 Å². The number of nitrogens with zero attached hydrogens (tertiary/aromatic N) is 3. The van der Waals surface area contributed by atoms with Crippen LogP contribution in [0.1, 0.15) is 16.7 Å².